The number of aromatic nitrogens is 2. The molecule has 1 aliphatic carbocycles. The van der Waals surface area contributed by atoms with Gasteiger partial charge in [-0.3, -0.25) is 14.7 Å². The second-order valence-corrected chi connectivity index (χ2v) is 9.73. The number of benzene rings is 2. The minimum absolute atomic E-state index is 0.146. The molecular formula is C28H29FN4O3. The van der Waals surface area contributed by atoms with Gasteiger partial charge in [-0.15, -0.1) is 0 Å². The van der Waals surface area contributed by atoms with Gasteiger partial charge in [-0.2, -0.15) is 0 Å². The minimum atomic E-state index is -0.681. The maximum Gasteiger partial charge on any atom is 0.189 e. The molecule has 2 fully saturated rings. The first-order chi connectivity index (χ1) is 17.5. The largest absolute Gasteiger partial charge is 0.495 e. The zero-order valence-electron chi connectivity index (χ0n) is 20.2. The van der Waals surface area contributed by atoms with Crippen molar-refractivity contribution in [1.82, 2.24) is 14.5 Å². The van der Waals surface area contributed by atoms with Crippen molar-refractivity contribution in [2.24, 2.45) is 0 Å². The second kappa shape index (κ2) is 9.19. The predicted octanol–water partition coefficient (Wildman–Crippen LogP) is 3.89. The van der Waals surface area contributed by atoms with Crippen LogP contribution < -0.4 is 15.1 Å². The van der Waals surface area contributed by atoms with E-state index in [1.54, 1.807) is 13.3 Å². The van der Waals surface area contributed by atoms with Crippen molar-refractivity contribution in [3.8, 4) is 5.75 Å². The Morgan fingerprint density at radius 1 is 1.11 bits per heavy atom. The molecule has 1 unspecified atom stereocenters. The van der Waals surface area contributed by atoms with Crippen LogP contribution in [0.5, 0.6) is 5.75 Å². The summed E-state index contributed by atoms with van der Waals surface area (Å²) in [7, 11) is 1.60. The van der Waals surface area contributed by atoms with Gasteiger partial charge in [0.1, 0.15) is 11.6 Å². The van der Waals surface area contributed by atoms with Gasteiger partial charge in [-0.25, -0.2) is 4.39 Å². The molecular weight excluding hydrogens is 459 g/mol. The van der Waals surface area contributed by atoms with Crippen molar-refractivity contribution in [2.75, 3.05) is 44.7 Å². The third-order valence-electron chi connectivity index (χ3n) is 7.41. The number of pyridine rings is 2. The molecule has 36 heavy (non-hydrogen) atoms. The van der Waals surface area contributed by atoms with Gasteiger partial charge >= 0.3 is 0 Å². The molecule has 2 aromatic carbocycles. The summed E-state index contributed by atoms with van der Waals surface area (Å²) >= 11 is 0. The highest BCUT2D eigenvalue weighted by Gasteiger charge is 2.27. The summed E-state index contributed by atoms with van der Waals surface area (Å²) in [6, 6.07) is 12.8. The molecule has 6 rings (SSSR count). The van der Waals surface area contributed by atoms with E-state index < -0.39 is 6.10 Å². The Morgan fingerprint density at radius 2 is 1.92 bits per heavy atom. The van der Waals surface area contributed by atoms with Crippen LogP contribution >= 0.6 is 0 Å². The Hall–Kier alpha value is -3.49. The molecule has 186 valence electrons. The molecule has 7 nitrogen and oxygen atoms in total. The number of β-amino-alcohol motifs (C(OH)–C–C–N with tert-alkyl or cyclic N) is 1. The fourth-order valence-electron chi connectivity index (χ4n) is 5.26. The van der Waals surface area contributed by atoms with E-state index in [-0.39, 0.29) is 11.2 Å². The Morgan fingerprint density at radius 3 is 2.67 bits per heavy atom. The maximum absolute atomic E-state index is 15.1. The van der Waals surface area contributed by atoms with E-state index >= 15 is 4.39 Å². The van der Waals surface area contributed by atoms with Gasteiger partial charge in [0.25, 0.3) is 0 Å². The summed E-state index contributed by atoms with van der Waals surface area (Å²) in [5, 5.41) is 12.4. The first-order valence-electron chi connectivity index (χ1n) is 12.4. The maximum atomic E-state index is 15.1. The van der Waals surface area contributed by atoms with E-state index in [1.807, 2.05) is 41.4 Å². The summed E-state index contributed by atoms with van der Waals surface area (Å²) in [4.78, 5) is 21.0. The van der Waals surface area contributed by atoms with Gasteiger partial charge < -0.3 is 19.3 Å². The molecule has 0 radical (unpaired) electrons. The Bertz CT molecular complexity index is 1490. The number of hydrogen-bond donors (Lipinski definition) is 1. The van der Waals surface area contributed by atoms with Crippen molar-refractivity contribution in [3.63, 3.8) is 0 Å². The van der Waals surface area contributed by atoms with Crippen LogP contribution in [-0.2, 0) is 0 Å². The van der Waals surface area contributed by atoms with Gasteiger partial charge in [0, 0.05) is 61.8 Å². The van der Waals surface area contributed by atoms with Gasteiger partial charge in [0.15, 0.2) is 5.43 Å². The van der Waals surface area contributed by atoms with Crippen molar-refractivity contribution >= 4 is 27.5 Å². The lowest BCUT2D eigenvalue weighted by Gasteiger charge is -2.37. The molecule has 8 heteroatoms. The molecule has 0 spiro atoms. The van der Waals surface area contributed by atoms with Crippen LogP contribution in [0.3, 0.4) is 0 Å². The fourth-order valence-corrected chi connectivity index (χ4v) is 5.26. The monoisotopic (exact) mass is 488 g/mol. The standard InChI is InChI=1S/C28H29FN4O3/c1-36-19-13-21-20(3-2-4-24(21)30-16-19)28(35)17-31-9-11-32(12-10-31)26-15-25-22(14-23(26)29)27(34)7-8-33(25)18-5-6-18/h2-4,7-8,13-16,18,28,35H,5-6,9-12,17H2,1H3. The highest BCUT2D eigenvalue weighted by Crippen LogP contribution is 2.38. The molecule has 2 aliphatic rings. The summed E-state index contributed by atoms with van der Waals surface area (Å²) in [5.41, 5.74) is 2.83. The summed E-state index contributed by atoms with van der Waals surface area (Å²) in [5.74, 6) is 0.291. The number of rotatable bonds is 6. The second-order valence-electron chi connectivity index (χ2n) is 9.73. The lowest BCUT2D eigenvalue weighted by atomic mass is 10.0. The number of nitrogens with zero attached hydrogens (tertiary/aromatic N) is 4. The van der Waals surface area contributed by atoms with Gasteiger partial charge in [0.2, 0.25) is 0 Å². The molecule has 0 amide bonds. The van der Waals surface area contributed by atoms with Gasteiger partial charge in [0.05, 0.1) is 36.1 Å². The molecule has 1 atom stereocenters. The van der Waals surface area contributed by atoms with Crippen LogP contribution in [0.4, 0.5) is 10.1 Å². The van der Waals surface area contributed by atoms with Crippen molar-refractivity contribution in [3.05, 3.63) is 76.5 Å². The first kappa shape index (κ1) is 22.9. The number of anilines is 1. The Labute approximate surface area is 208 Å². The summed E-state index contributed by atoms with van der Waals surface area (Å²) < 4.78 is 22.5. The Balaban J connectivity index is 1.19. The molecule has 1 aliphatic heterocycles. The van der Waals surface area contributed by atoms with E-state index in [9.17, 15) is 9.90 Å². The third kappa shape index (κ3) is 4.20. The normalized spacial score (nSPS) is 17.6. The van der Waals surface area contributed by atoms with E-state index in [1.165, 1.54) is 12.1 Å². The average Bonchev–Trinajstić information content (AvgIpc) is 3.74. The number of hydrogen-bond acceptors (Lipinski definition) is 6. The quantitative estimate of drug-likeness (QED) is 0.444. The smallest absolute Gasteiger partial charge is 0.189 e. The number of halogens is 1. The van der Waals surface area contributed by atoms with E-state index in [4.69, 9.17) is 4.74 Å². The number of aliphatic hydroxyl groups excluding tert-OH is 1. The summed E-state index contributed by atoms with van der Waals surface area (Å²) in [6.45, 7) is 3.16. The zero-order chi connectivity index (χ0) is 24.8. The molecule has 1 N–H and O–H groups in total. The third-order valence-corrected chi connectivity index (χ3v) is 7.41. The topological polar surface area (TPSA) is 70.8 Å². The van der Waals surface area contributed by atoms with Crippen LogP contribution in [-0.4, -0.2) is 59.4 Å². The minimum Gasteiger partial charge on any atom is -0.495 e. The lowest BCUT2D eigenvalue weighted by molar-refractivity contribution is 0.110. The first-order valence-corrected chi connectivity index (χ1v) is 12.4. The highest BCUT2D eigenvalue weighted by atomic mass is 19.1. The Kier molecular flexibility index (Phi) is 5.85. The lowest BCUT2D eigenvalue weighted by Crippen LogP contribution is -2.47. The molecule has 1 saturated heterocycles. The number of methoxy groups -OCH3 is 1. The molecule has 2 aromatic heterocycles. The van der Waals surface area contributed by atoms with Crippen LogP contribution in [0.25, 0.3) is 21.8 Å². The van der Waals surface area contributed by atoms with Crippen LogP contribution in [0.1, 0.15) is 30.6 Å². The average molecular weight is 489 g/mol. The van der Waals surface area contributed by atoms with E-state index in [0.717, 1.165) is 34.8 Å². The van der Waals surface area contributed by atoms with Crippen LogP contribution in [0.15, 0.2) is 59.7 Å². The highest BCUT2D eigenvalue weighted by molar-refractivity contribution is 5.84. The summed E-state index contributed by atoms with van der Waals surface area (Å²) in [6.07, 6.45) is 5.01. The van der Waals surface area contributed by atoms with E-state index in [2.05, 4.69) is 14.5 Å². The van der Waals surface area contributed by atoms with Gasteiger partial charge in [-0.05, 0) is 42.7 Å². The van der Waals surface area contributed by atoms with Crippen LogP contribution in [0, 0.1) is 5.82 Å². The van der Waals surface area contributed by atoms with Crippen molar-refractivity contribution in [1.29, 1.82) is 0 Å². The number of aliphatic hydroxyl groups is 1. The van der Waals surface area contributed by atoms with Gasteiger partial charge in [-0.1, -0.05) is 12.1 Å². The van der Waals surface area contributed by atoms with Crippen molar-refractivity contribution in [2.45, 2.75) is 25.0 Å². The molecule has 1 saturated carbocycles. The SMILES string of the molecule is COc1cnc2cccc(C(O)CN3CCN(c4cc5c(cc4F)c(=O)ccn5C4CC4)CC3)c2c1. The number of fused-ring (bicyclic) bond motifs is 2. The fraction of sp³-hybridized carbons (Fsp3) is 0.357. The van der Waals surface area contributed by atoms with E-state index in [0.29, 0.717) is 55.6 Å². The predicted molar refractivity (Wildman–Crippen MR) is 138 cm³/mol. The number of piperazine rings is 1. The molecule has 0 bridgehead atoms. The van der Waals surface area contributed by atoms with Crippen molar-refractivity contribution < 1.29 is 14.2 Å². The zero-order valence-corrected chi connectivity index (χ0v) is 20.2. The molecule has 3 heterocycles. The number of ether oxygens (including phenoxy) is 1. The molecule has 4 aromatic rings. The van der Waals surface area contributed by atoms with Crippen LogP contribution in [0.2, 0.25) is 0 Å².